The number of methoxy groups -OCH3 is 1. The van der Waals surface area contributed by atoms with E-state index in [1.54, 1.807) is 19.1 Å². The van der Waals surface area contributed by atoms with Crippen LogP contribution in [0.2, 0.25) is 5.02 Å². The highest BCUT2D eigenvalue weighted by atomic mass is 35.5. The Morgan fingerprint density at radius 1 is 1.12 bits per heavy atom. The van der Waals surface area contributed by atoms with Crippen LogP contribution in [0, 0.1) is 17.8 Å². The SMILES string of the molecule is COc1cc(C2C3=CCC4C(=O)NC(=O)C4C3CC3=C2C(=O)C=C(C)C3=O)cc(Cl)c1O. The molecule has 0 saturated carbocycles. The zero-order valence-corrected chi connectivity index (χ0v) is 18.2. The second kappa shape index (κ2) is 7.17. The second-order valence-corrected chi connectivity index (χ2v) is 9.04. The first-order valence-corrected chi connectivity index (χ1v) is 10.7. The van der Waals surface area contributed by atoms with Crippen molar-refractivity contribution in [3.8, 4) is 11.5 Å². The summed E-state index contributed by atoms with van der Waals surface area (Å²) in [7, 11) is 1.39. The molecule has 0 spiro atoms. The Morgan fingerprint density at radius 3 is 2.59 bits per heavy atom. The Labute approximate surface area is 188 Å². The van der Waals surface area contributed by atoms with E-state index in [0.717, 1.165) is 5.57 Å². The zero-order valence-electron chi connectivity index (χ0n) is 17.4. The van der Waals surface area contributed by atoms with Gasteiger partial charge in [0.15, 0.2) is 23.1 Å². The van der Waals surface area contributed by atoms with Gasteiger partial charge < -0.3 is 9.84 Å². The molecule has 0 bridgehead atoms. The number of aromatic hydroxyl groups is 1. The maximum Gasteiger partial charge on any atom is 0.231 e. The summed E-state index contributed by atoms with van der Waals surface area (Å²) in [6.07, 6.45) is 3.84. The number of phenolic OH excluding ortho intramolecular Hbond substituents is 1. The van der Waals surface area contributed by atoms with E-state index in [1.165, 1.54) is 13.2 Å². The molecule has 3 aliphatic carbocycles. The molecule has 4 unspecified atom stereocenters. The van der Waals surface area contributed by atoms with Crippen LogP contribution in [0.4, 0.5) is 0 Å². The Kier molecular flexibility index (Phi) is 4.64. The minimum absolute atomic E-state index is 0.0491. The van der Waals surface area contributed by atoms with Gasteiger partial charge in [-0.3, -0.25) is 24.5 Å². The average molecular weight is 454 g/mol. The summed E-state index contributed by atoms with van der Waals surface area (Å²) in [5.41, 5.74) is 2.46. The summed E-state index contributed by atoms with van der Waals surface area (Å²) in [6, 6.07) is 3.14. The number of fused-ring (bicyclic) bond motifs is 3. The Balaban J connectivity index is 1.74. The van der Waals surface area contributed by atoms with Crippen LogP contribution in [0.25, 0.3) is 0 Å². The van der Waals surface area contributed by atoms with Crippen LogP contribution in [0.5, 0.6) is 11.5 Å². The summed E-state index contributed by atoms with van der Waals surface area (Å²) in [6.45, 7) is 1.60. The zero-order chi connectivity index (χ0) is 22.9. The second-order valence-electron chi connectivity index (χ2n) is 8.64. The van der Waals surface area contributed by atoms with Crippen molar-refractivity contribution in [1.82, 2.24) is 5.32 Å². The van der Waals surface area contributed by atoms with Gasteiger partial charge in [-0.25, -0.2) is 0 Å². The third-order valence-electron chi connectivity index (χ3n) is 7.01. The molecule has 1 fully saturated rings. The predicted molar refractivity (Wildman–Crippen MR) is 114 cm³/mol. The molecule has 0 aromatic heterocycles. The molecule has 4 aliphatic rings. The van der Waals surface area contributed by atoms with E-state index in [-0.39, 0.29) is 46.3 Å². The van der Waals surface area contributed by atoms with E-state index in [4.69, 9.17) is 16.3 Å². The Hall–Kier alpha value is -3.19. The van der Waals surface area contributed by atoms with Gasteiger partial charge in [0, 0.05) is 22.6 Å². The number of hydrogen-bond donors (Lipinski definition) is 2. The minimum atomic E-state index is -0.638. The number of phenols is 1. The molecular weight excluding hydrogens is 434 g/mol. The lowest BCUT2D eigenvalue weighted by atomic mass is 9.59. The Morgan fingerprint density at radius 2 is 1.88 bits per heavy atom. The maximum atomic E-state index is 13.1. The van der Waals surface area contributed by atoms with Crippen molar-refractivity contribution in [2.24, 2.45) is 17.8 Å². The van der Waals surface area contributed by atoms with Gasteiger partial charge in [-0.15, -0.1) is 0 Å². The lowest BCUT2D eigenvalue weighted by Crippen LogP contribution is -2.39. The number of benzene rings is 1. The van der Waals surface area contributed by atoms with E-state index in [1.807, 2.05) is 6.08 Å². The van der Waals surface area contributed by atoms with E-state index in [9.17, 15) is 24.3 Å². The van der Waals surface area contributed by atoms with Crippen LogP contribution in [-0.2, 0) is 19.2 Å². The number of amides is 2. The number of rotatable bonds is 2. The molecule has 1 saturated heterocycles. The first-order chi connectivity index (χ1) is 15.2. The molecule has 1 aromatic rings. The summed E-state index contributed by atoms with van der Waals surface area (Å²) in [5.74, 6) is -3.34. The highest BCUT2D eigenvalue weighted by molar-refractivity contribution is 6.32. The van der Waals surface area contributed by atoms with Gasteiger partial charge in [-0.05, 0) is 49.5 Å². The van der Waals surface area contributed by atoms with Crippen molar-refractivity contribution in [3.05, 3.63) is 57.2 Å². The number of nitrogens with one attached hydrogen (secondary N) is 1. The molecule has 7 nitrogen and oxygen atoms in total. The molecule has 1 aliphatic heterocycles. The van der Waals surface area contributed by atoms with Crippen molar-refractivity contribution >= 4 is 35.0 Å². The van der Waals surface area contributed by atoms with E-state index < -0.39 is 23.7 Å². The first-order valence-electron chi connectivity index (χ1n) is 10.3. The van der Waals surface area contributed by atoms with Crippen molar-refractivity contribution in [2.45, 2.75) is 25.7 Å². The van der Waals surface area contributed by atoms with Gasteiger partial charge in [0.05, 0.1) is 24.0 Å². The molecule has 32 heavy (non-hydrogen) atoms. The maximum absolute atomic E-state index is 13.1. The number of Topliss-reactive ketones (excluding diaryl/α,β-unsaturated/α-hetero) is 1. The van der Waals surface area contributed by atoms with Crippen LogP contribution in [0.15, 0.2) is 46.6 Å². The van der Waals surface area contributed by atoms with Crippen molar-refractivity contribution in [3.63, 3.8) is 0 Å². The molecule has 4 atom stereocenters. The van der Waals surface area contributed by atoms with Crippen molar-refractivity contribution in [1.29, 1.82) is 0 Å². The third-order valence-corrected chi connectivity index (χ3v) is 7.30. The average Bonchev–Trinajstić information content (AvgIpc) is 3.06. The number of ether oxygens (including phenoxy) is 1. The smallest absolute Gasteiger partial charge is 0.231 e. The molecular formula is C24H20ClNO6. The van der Waals surface area contributed by atoms with Gasteiger partial charge in [-0.2, -0.15) is 0 Å². The van der Waals surface area contributed by atoms with Gasteiger partial charge >= 0.3 is 0 Å². The fourth-order valence-corrected chi connectivity index (χ4v) is 5.81. The molecule has 5 rings (SSSR count). The number of carbonyl (C=O) groups excluding carboxylic acids is 4. The van der Waals surface area contributed by atoms with E-state index in [2.05, 4.69) is 5.32 Å². The number of imide groups is 1. The normalized spacial score (nSPS) is 29.1. The minimum Gasteiger partial charge on any atom is -0.503 e. The van der Waals surface area contributed by atoms with Gasteiger partial charge in [-0.1, -0.05) is 23.3 Å². The quantitative estimate of drug-likeness (QED) is 0.405. The van der Waals surface area contributed by atoms with Crippen molar-refractivity contribution < 1.29 is 29.0 Å². The van der Waals surface area contributed by atoms with E-state index in [0.29, 0.717) is 28.7 Å². The lowest BCUT2D eigenvalue weighted by Gasteiger charge is -2.42. The Bertz CT molecular complexity index is 1220. The fraction of sp³-hybridized carbons (Fsp3) is 0.333. The lowest BCUT2D eigenvalue weighted by molar-refractivity contribution is -0.126. The summed E-state index contributed by atoms with van der Waals surface area (Å²) in [5, 5.41) is 12.7. The van der Waals surface area contributed by atoms with Crippen LogP contribution in [0.3, 0.4) is 0 Å². The molecule has 0 radical (unpaired) electrons. The van der Waals surface area contributed by atoms with Crippen molar-refractivity contribution in [2.75, 3.05) is 7.11 Å². The summed E-state index contributed by atoms with van der Waals surface area (Å²) in [4.78, 5) is 51.2. The van der Waals surface area contributed by atoms with Crippen LogP contribution in [-0.4, -0.2) is 35.6 Å². The van der Waals surface area contributed by atoms with Crippen LogP contribution >= 0.6 is 11.6 Å². The number of allylic oxidation sites excluding steroid dienone is 6. The molecule has 2 amide bonds. The van der Waals surface area contributed by atoms with Gasteiger partial charge in [0.1, 0.15) is 0 Å². The topological polar surface area (TPSA) is 110 Å². The first kappa shape index (κ1) is 20.7. The predicted octanol–water partition coefficient (Wildman–Crippen LogP) is 2.77. The number of halogens is 1. The molecule has 1 heterocycles. The summed E-state index contributed by atoms with van der Waals surface area (Å²) >= 11 is 6.25. The van der Waals surface area contributed by atoms with Crippen LogP contribution < -0.4 is 10.1 Å². The largest absolute Gasteiger partial charge is 0.503 e. The number of hydrogen-bond acceptors (Lipinski definition) is 6. The standard InChI is InChI=1S/C24H20ClNO6/c1-9-5-16(27)20-14(21(9)28)8-13-11(3-4-12-19(13)24(31)26-23(12)30)18(20)10-6-15(25)22(29)17(7-10)32-2/h3,5-7,12-13,18-19,29H,4,8H2,1-2H3,(H,26,30,31). The van der Waals surface area contributed by atoms with Gasteiger partial charge in [0.25, 0.3) is 0 Å². The molecule has 8 heteroatoms. The monoisotopic (exact) mass is 453 g/mol. The fourth-order valence-electron chi connectivity index (χ4n) is 5.59. The molecule has 164 valence electrons. The highest BCUT2D eigenvalue weighted by Crippen LogP contribution is 2.55. The number of carbonyl (C=O) groups is 4. The third kappa shape index (κ3) is 2.80. The van der Waals surface area contributed by atoms with E-state index >= 15 is 0 Å². The molecule has 2 N–H and O–H groups in total. The summed E-state index contributed by atoms with van der Waals surface area (Å²) < 4.78 is 5.25. The number of ketones is 2. The highest BCUT2D eigenvalue weighted by Gasteiger charge is 2.53. The van der Waals surface area contributed by atoms with Crippen LogP contribution in [0.1, 0.15) is 31.2 Å². The van der Waals surface area contributed by atoms with Gasteiger partial charge in [0.2, 0.25) is 11.8 Å². The molecule has 1 aromatic carbocycles.